The molecule has 0 heterocycles. The largest absolute Gasteiger partial charge is 0.389 e. The Labute approximate surface area is 68.2 Å². The molecule has 3 heteroatoms. The highest BCUT2D eigenvalue weighted by molar-refractivity contribution is 4.60. The Bertz CT molecular complexity index is 86.2. The summed E-state index contributed by atoms with van der Waals surface area (Å²) in [6.07, 6.45) is 3.22. The van der Waals surface area contributed by atoms with Crippen LogP contribution in [0.1, 0.15) is 39.0 Å². The second-order valence-electron chi connectivity index (χ2n) is 2.91. The van der Waals surface area contributed by atoms with Gasteiger partial charge in [0.1, 0.15) is 6.23 Å². The van der Waals surface area contributed by atoms with Crippen LogP contribution in [0.25, 0.3) is 0 Å². The highest BCUT2D eigenvalue weighted by Crippen LogP contribution is 2.05. The number of unbranched alkanes of at least 4 members (excludes halogenated alkanes) is 3. The molecule has 0 aliphatic carbocycles. The fourth-order valence-electron chi connectivity index (χ4n) is 0.951. The SMILES string of the molecule is CCCCCCC(O)C(N)O. The number of rotatable bonds is 6. The van der Waals surface area contributed by atoms with E-state index >= 15 is 0 Å². The lowest BCUT2D eigenvalue weighted by Crippen LogP contribution is -2.33. The van der Waals surface area contributed by atoms with Crippen molar-refractivity contribution in [2.75, 3.05) is 0 Å². The molecule has 0 rings (SSSR count). The summed E-state index contributed by atoms with van der Waals surface area (Å²) in [5.41, 5.74) is 5.06. The predicted octanol–water partition coefficient (Wildman–Crippen LogP) is 0.595. The van der Waals surface area contributed by atoms with Crippen LogP contribution in [0, 0.1) is 0 Å². The van der Waals surface area contributed by atoms with Crippen molar-refractivity contribution in [1.29, 1.82) is 0 Å². The molecule has 3 nitrogen and oxygen atoms in total. The maximum Gasteiger partial charge on any atom is 0.128 e. The van der Waals surface area contributed by atoms with Gasteiger partial charge in [-0.15, -0.1) is 0 Å². The van der Waals surface area contributed by atoms with Crippen LogP contribution in [0.2, 0.25) is 0 Å². The first-order chi connectivity index (χ1) is 5.18. The molecule has 0 radical (unpaired) electrons. The fraction of sp³-hybridized carbons (Fsp3) is 1.00. The lowest BCUT2D eigenvalue weighted by molar-refractivity contribution is 0.0173. The van der Waals surface area contributed by atoms with Crippen LogP contribution in [0.15, 0.2) is 0 Å². The van der Waals surface area contributed by atoms with Crippen molar-refractivity contribution in [2.45, 2.75) is 51.4 Å². The lowest BCUT2D eigenvalue weighted by Gasteiger charge is -2.12. The molecule has 0 saturated carbocycles. The maximum atomic E-state index is 9.05. The van der Waals surface area contributed by atoms with Gasteiger partial charge in [-0.1, -0.05) is 32.6 Å². The highest BCUT2D eigenvalue weighted by Gasteiger charge is 2.09. The maximum absolute atomic E-state index is 9.05. The predicted molar refractivity (Wildman–Crippen MR) is 45.0 cm³/mol. The number of aliphatic hydroxyl groups excluding tert-OH is 2. The minimum atomic E-state index is -1.07. The number of hydrogen-bond acceptors (Lipinski definition) is 3. The summed E-state index contributed by atoms with van der Waals surface area (Å²) in [5, 5.41) is 17.8. The normalized spacial score (nSPS) is 16.4. The molecule has 0 aliphatic heterocycles. The number of nitrogens with two attached hydrogens (primary N) is 1. The summed E-state index contributed by atoms with van der Waals surface area (Å²) in [6.45, 7) is 2.13. The van der Waals surface area contributed by atoms with Crippen LogP contribution in [0.3, 0.4) is 0 Å². The molecule has 0 spiro atoms. The van der Waals surface area contributed by atoms with E-state index in [0.29, 0.717) is 6.42 Å². The van der Waals surface area contributed by atoms with Crippen molar-refractivity contribution in [1.82, 2.24) is 0 Å². The Morgan fingerprint density at radius 1 is 1.18 bits per heavy atom. The van der Waals surface area contributed by atoms with E-state index in [2.05, 4.69) is 6.92 Å². The quantitative estimate of drug-likeness (QED) is 0.394. The average Bonchev–Trinajstić information content (AvgIpc) is 1.97. The van der Waals surface area contributed by atoms with Gasteiger partial charge in [0.05, 0.1) is 6.10 Å². The molecule has 0 amide bonds. The number of hydrogen-bond donors (Lipinski definition) is 3. The zero-order valence-corrected chi connectivity index (χ0v) is 7.16. The standard InChI is InChI=1S/C8H19NO2/c1-2-3-4-5-6-7(10)8(9)11/h7-8,10-11H,2-6,9H2,1H3. The van der Waals surface area contributed by atoms with Crippen molar-refractivity contribution in [3.05, 3.63) is 0 Å². The molecule has 0 bridgehead atoms. The Balaban J connectivity index is 3.10. The summed E-state index contributed by atoms with van der Waals surface area (Å²) >= 11 is 0. The first kappa shape index (κ1) is 10.9. The zero-order valence-electron chi connectivity index (χ0n) is 7.16. The van der Waals surface area contributed by atoms with Gasteiger partial charge in [-0.05, 0) is 6.42 Å². The van der Waals surface area contributed by atoms with E-state index in [1.807, 2.05) is 0 Å². The molecule has 0 aromatic rings. The van der Waals surface area contributed by atoms with E-state index in [9.17, 15) is 0 Å². The van der Waals surface area contributed by atoms with Gasteiger partial charge >= 0.3 is 0 Å². The minimum Gasteiger partial charge on any atom is -0.389 e. The third kappa shape index (κ3) is 6.28. The zero-order chi connectivity index (χ0) is 8.69. The van der Waals surface area contributed by atoms with Crippen molar-refractivity contribution >= 4 is 0 Å². The fourth-order valence-corrected chi connectivity index (χ4v) is 0.951. The van der Waals surface area contributed by atoms with E-state index in [0.717, 1.165) is 12.8 Å². The van der Waals surface area contributed by atoms with Crippen molar-refractivity contribution in [3.8, 4) is 0 Å². The van der Waals surface area contributed by atoms with Crippen LogP contribution < -0.4 is 5.73 Å². The van der Waals surface area contributed by atoms with E-state index in [4.69, 9.17) is 15.9 Å². The summed E-state index contributed by atoms with van der Waals surface area (Å²) in [6, 6.07) is 0. The first-order valence-corrected chi connectivity index (χ1v) is 4.30. The Hall–Kier alpha value is -0.120. The minimum absolute atomic E-state index is 0.609. The van der Waals surface area contributed by atoms with Crippen LogP contribution in [0.5, 0.6) is 0 Å². The summed E-state index contributed by atoms with van der Waals surface area (Å²) in [4.78, 5) is 0. The highest BCUT2D eigenvalue weighted by atomic mass is 16.3. The van der Waals surface area contributed by atoms with Crippen molar-refractivity contribution < 1.29 is 10.2 Å². The average molecular weight is 161 g/mol. The van der Waals surface area contributed by atoms with Gasteiger partial charge in [0, 0.05) is 0 Å². The molecular formula is C8H19NO2. The van der Waals surface area contributed by atoms with Crippen LogP contribution >= 0.6 is 0 Å². The van der Waals surface area contributed by atoms with E-state index in [1.165, 1.54) is 12.8 Å². The summed E-state index contributed by atoms with van der Waals surface area (Å²) in [5.74, 6) is 0. The molecule has 68 valence electrons. The smallest absolute Gasteiger partial charge is 0.128 e. The van der Waals surface area contributed by atoms with Gasteiger partial charge in [-0.2, -0.15) is 0 Å². The van der Waals surface area contributed by atoms with Gasteiger partial charge in [0.25, 0.3) is 0 Å². The third-order valence-corrected chi connectivity index (χ3v) is 1.75. The third-order valence-electron chi connectivity index (χ3n) is 1.75. The molecule has 0 saturated heterocycles. The van der Waals surface area contributed by atoms with E-state index in [-0.39, 0.29) is 0 Å². The molecule has 0 aromatic heterocycles. The molecule has 2 unspecified atom stereocenters. The molecule has 11 heavy (non-hydrogen) atoms. The lowest BCUT2D eigenvalue weighted by atomic mass is 10.1. The van der Waals surface area contributed by atoms with Gasteiger partial charge in [-0.3, -0.25) is 0 Å². The van der Waals surface area contributed by atoms with Crippen LogP contribution in [-0.4, -0.2) is 22.5 Å². The topological polar surface area (TPSA) is 66.5 Å². The van der Waals surface area contributed by atoms with Gasteiger partial charge in [0.2, 0.25) is 0 Å². The number of aliphatic hydroxyl groups is 2. The Morgan fingerprint density at radius 3 is 2.27 bits per heavy atom. The Kier molecular flexibility index (Phi) is 6.51. The molecule has 4 N–H and O–H groups in total. The molecular weight excluding hydrogens is 142 g/mol. The monoisotopic (exact) mass is 161 g/mol. The molecule has 0 aromatic carbocycles. The van der Waals surface area contributed by atoms with Crippen LogP contribution in [0.4, 0.5) is 0 Å². The van der Waals surface area contributed by atoms with Gasteiger partial charge < -0.3 is 15.9 Å². The summed E-state index contributed by atoms with van der Waals surface area (Å²) < 4.78 is 0. The van der Waals surface area contributed by atoms with E-state index < -0.39 is 12.3 Å². The first-order valence-electron chi connectivity index (χ1n) is 4.30. The second kappa shape index (κ2) is 6.58. The van der Waals surface area contributed by atoms with Gasteiger partial charge in [-0.25, -0.2) is 0 Å². The molecule has 2 atom stereocenters. The van der Waals surface area contributed by atoms with E-state index in [1.54, 1.807) is 0 Å². The molecule has 0 fully saturated rings. The van der Waals surface area contributed by atoms with Crippen molar-refractivity contribution in [2.24, 2.45) is 5.73 Å². The summed E-state index contributed by atoms with van der Waals surface area (Å²) in [7, 11) is 0. The molecule has 0 aliphatic rings. The van der Waals surface area contributed by atoms with Gasteiger partial charge in [0.15, 0.2) is 0 Å². The second-order valence-corrected chi connectivity index (χ2v) is 2.91. The Morgan fingerprint density at radius 2 is 1.82 bits per heavy atom. The van der Waals surface area contributed by atoms with Crippen molar-refractivity contribution in [3.63, 3.8) is 0 Å². The van der Waals surface area contributed by atoms with Crippen LogP contribution in [-0.2, 0) is 0 Å².